The van der Waals surface area contributed by atoms with Crippen molar-refractivity contribution in [2.24, 2.45) is 0 Å². The van der Waals surface area contributed by atoms with Gasteiger partial charge in [0.05, 0.1) is 11.2 Å². The summed E-state index contributed by atoms with van der Waals surface area (Å²) < 4.78 is 118. The van der Waals surface area contributed by atoms with E-state index < -0.39 is 67.3 Å². The number of methoxy groups -OCH3 is 1. The Morgan fingerprint density at radius 1 is 0.944 bits per heavy atom. The van der Waals surface area contributed by atoms with Crippen molar-refractivity contribution in [2.75, 3.05) is 7.11 Å². The summed E-state index contributed by atoms with van der Waals surface area (Å²) in [6, 6.07) is 5.23. The van der Waals surface area contributed by atoms with Crippen molar-refractivity contribution in [2.45, 2.75) is 17.4 Å². The summed E-state index contributed by atoms with van der Waals surface area (Å²) in [4.78, 5) is 11.9. The summed E-state index contributed by atoms with van der Waals surface area (Å²) in [6.07, 6.45) is 0.391. The number of rotatable bonds is 5. The third-order valence-corrected chi connectivity index (χ3v) is 7.21. The first-order valence-electron chi connectivity index (χ1n) is 9.78. The number of pyridine rings is 1. The molecule has 36 heavy (non-hydrogen) atoms. The van der Waals surface area contributed by atoms with Gasteiger partial charge in [-0.25, -0.2) is 17.6 Å². The van der Waals surface area contributed by atoms with E-state index in [0.29, 0.717) is 0 Å². The predicted molar refractivity (Wildman–Crippen MR) is 119 cm³/mol. The monoisotopic (exact) mass is 595 g/mol. The van der Waals surface area contributed by atoms with Crippen LogP contribution in [0.5, 0.6) is 5.75 Å². The van der Waals surface area contributed by atoms with Gasteiger partial charge in [0, 0.05) is 29.5 Å². The van der Waals surface area contributed by atoms with Gasteiger partial charge in [-0.2, -0.15) is 17.2 Å². The minimum atomic E-state index is -5.11. The number of nitrogens with zero attached hydrogens (tertiary/aromatic N) is 1. The average Bonchev–Trinajstić information content (AvgIpc) is 2.85. The first kappa shape index (κ1) is 26.0. The van der Waals surface area contributed by atoms with Crippen LogP contribution >= 0.6 is 15.9 Å². The first-order valence-corrected chi connectivity index (χ1v) is 12.0. The van der Waals surface area contributed by atoms with Crippen LogP contribution in [0.15, 0.2) is 56.4 Å². The minimum absolute atomic E-state index is 0.0687. The molecule has 190 valence electrons. The zero-order chi connectivity index (χ0) is 26.5. The molecule has 4 rings (SSSR count). The molecule has 1 aromatic heterocycles. The maximum atomic E-state index is 14.3. The second kappa shape index (κ2) is 9.41. The standard InChI is InChI=1S/C22H12BrF6NO5S/c1-34-15-7-11(23)12(24)8-14(15)30-13-4-3-10(6-9(13)2-5-16(30)31)36(32,33)35-22-20(28)18(26)17(25)19(27)21(22)29/h2-6,8,15H,7H2,1H3. The fraction of sp³-hybridized carbons (Fsp3) is 0.136. The van der Waals surface area contributed by atoms with E-state index in [2.05, 4.69) is 20.1 Å². The Morgan fingerprint density at radius 3 is 2.17 bits per heavy atom. The molecular formula is C22H12BrF6NO5S. The Bertz CT molecular complexity index is 1620. The second-order valence-corrected chi connectivity index (χ2v) is 9.92. The van der Waals surface area contributed by atoms with E-state index in [1.54, 1.807) is 0 Å². The Hall–Kier alpha value is -3.10. The zero-order valence-corrected chi connectivity index (χ0v) is 20.2. The summed E-state index contributed by atoms with van der Waals surface area (Å²) >= 11 is 3.08. The van der Waals surface area contributed by atoms with Gasteiger partial charge in [-0.3, -0.25) is 9.36 Å². The number of aromatic nitrogens is 1. The highest BCUT2D eigenvalue weighted by atomic mass is 79.9. The molecule has 1 unspecified atom stereocenters. The normalized spacial score (nSPS) is 16.4. The van der Waals surface area contributed by atoms with Gasteiger partial charge in [-0.1, -0.05) is 15.9 Å². The molecule has 14 heteroatoms. The molecule has 0 spiro atoms. The van der Waals surface area contributed by atoms with Gasteiger partial charge in [0.25, 0.3) is 5.56 Å². The van der Waals surface area contributed by atoms with Gasteiger partial charge in [-0.05, 0) is 30.3 Å². The van der Waals surface area contributed by atoms with Gasteiger partial charge in [-0.15, -0.1) is 0 Å². The number of fused-ring (bicyclic) bond motifs is 1. The van der Waals surface area contributed by atoms with Crippen molar-refractivity contribution in [3.8, 4) is 5.75 Å². The molecule has 0 N–H and O–H groups in total. The van der Waals surface area contributed by atoms with Crippen molar-refractivity contribution < 1.29 is 43.7 Å². The van der Waals surface area contributed by atoms with Crippen molar-refractivity contribution in [1.82, 2.24) is 4.57 Å². The number of allylic oxidation sites excluding steroid dienone is 2. The van der Waals surface area contributed by atoms with Crippen LogP contribution in [-0.4, -0.2) is 26.2 Å². The number of hydrogen-bond acceptors (Lipinski definition) is 5. The van der Waals surface area contributed by atoms with E-state index in [0.717, 1.165) is 34.9 Å². The van der Waals surface area contributed by atoms with E-state index >= 15 is 0 Å². The molecule has 1 aliphatic rings. The van der Waals surface area contributed by atoms with Crippen LogP contribution in [0.25, 0.3) is 16.6 Å². The summed E-state index contributed by atoms with van der Waals surface area (Å²) in [5.41, 5.74) is -0.381. The van der Waals surface area contributed by atoms with E-state index in [1.807, 2.05) is 0 Å². The lowest BCUT2D eigenvalue weighted by Crippen LogP contribution is -2.28. The fourth-order valence-electron chi connectivity index (χ4n) is 3.54. The quantitative estimate of drug-likeness (QED) is 0.173. The zero-order valence-electron chi connectivity index (χ0n) is 17.8. The van der Waals surface area contributed by atoms with Crippen molar-refractivity contribution >= 4 is 42.6 Å². The Balaban J connectivity index is 1.84. The van der Waals surface area contributed by atoms with E-state index in [4.69, 9.17) is 4.74 Å². The van der Waals surface area contributed by atoms with Crippen LogP contribution in [0.4, 0.5) is 26.3 Å². The smallest absolute Gasteiger partial charge is 0.339 e. The highest BCUT2D eigenvalue weighted by Crippen LogP contribution is 2.35. The molecule has 2 aromatic carbocycles. The Kier molecular flexibility index (Phi) is 6.79. The summed E-state index contributed by atoms with van der Waals surface area (Å²) in [6.45, 7) is 0. The SMILES string of the molecule is COC1CC(Br)=C(F)C=C1n1c(=O)ccc2cc(S(=O)(=O)Oc3c(F)c(F)c(F)c(F)c3F)ccc21. The number of halogens is 7. The molecule has 0 saturated carbocycles. The second-order valence-electron chi connectivity index (χ2n) is 7.41. The third kappa shape index (κ3) is 4.33. The third-order valence-electron chi connectivity index (χ3n) is 5.29. The van der Waals surface area contributed by atoms with Gasteiger partial charge in [0.1, 0.15) is 16.8 Å². The minimum Gasteiger partial charge on any atom is -0.375 e. The van der Waals surface area contributed by atoms with Crippen LogP contribution in [0, 0.1) is 29.1 Å². The van der Waals surface area contributed by atoms with Crippen LogP contribution in [0.3, 0.4) is 0 Å². The lowest BCUT2D eigenvalue weighted by atomic mass is 10.1. The highest BCUT2D eigenvalue weighted by molar-refractivity contribution is 9.11. The highest BCUT2D eigenvalue weighted by Gasteiger charge is 2.31. The lowest BCUT2D eigenvalue weighted by molar-refractivity contribution is 0.144. The predicted octanol–water partition coefficient (Wildman–Crippen LogP) is 5.30. The van der Waals surface area contributed by atoms with E-state index in [9.17, 15) is 39.6 Å². The molecule has 1 atom stereocenters. The summed E-state index contributed by atoms with van der Waals surface area (Å²) in [7, 11) is -3.76. The fourth-order valence-corrected chi connectivity index (χ4v) is 4.92. The molecular weight excluding hydrogens is 584 g/mol. The van der Waals surface area contributed by atoms with Crippen LogP contribution in [0.2, 0.25) is 0 Å². The molecule has 0 fully saturated rings. The van der Waals surface area contributed by atoms with Crippen LogP contribution in [-0.2, 0) is 14.9 Å². The number of benzene rings is 2. The van der Waals surface area contributed by atoms with Crippen molar-refractivity contribution in [1.29, 1.82) is 0 Å². The maximum absolute atomic E-state index is 14.3. The molecule has 0 amide bonds. The molecule has 1 heterocycles. The largest absolute Gasteiger partial charge is 0.375 e. The van der Waals surface area contributed by atoms with Gasteiger partial charge in [0.2, 0.25) is 34.8 Å². The molecule has 1 aliphatic carbocycles. The van der Waals surface area contributed by atoms with E-state index in [1.165, 1.54) is 13.2 Å². The van der Waals surface area contributed by atoms with Gasteiger partial charge in [0.15, 0.2) is 0 Å². The van der Waals surface area contributed by atoms with Gasteiger partial charge < -0.3 is 8.92 Å². The molecule has 0 saturated heterocycles. The molecule has 0 bridgehead atoms. The van der Waals surface area contributed by atoms with Crippen LogP contribution < -0.4 is 9.74 Å². The molecule has 6 nitrogen and oxygen atoms in total. The van der Waals surface area contributed by atoms with Crippen molar-refractivity contribution in [3.05, 3.63) is 86.2 Å². The van der Waals surface area contributed by atoms with Crippen molar-refractivity contribution in [3.63, 3.8) is 0 Å². The number of hydrogen-bond donors (Lipinski definition) is 0. The first-order chi connectivity index (χ1) is 16.9. The molecule has 0 radical (unpaired) electrons. The Labute approximate surface area is 207 Å². The molecule has 3 aromatic rings. The van der Waals surface area contributed by atoms with Gasteiger partial charge >= 0.3 is 10.1 Å². The number of ether oxygens (including phenoxy) is 1. The maximum Gasteiger partial charge on any atom is 0.339 e. The average molecular weight is 596 g/mol. The summed E-state index contributed by atoms with van der Waals surface area (Å²) in [5.74, 6) is -14.9. The van der Waals surface area contributed by atoms with E-state index in [-0.39, 0.29) is 27.5 Å². The summed E-state index contributed by atoms with van der Waals surface area (Å²) in [5, 5.41) is 0.0847. The van der Waals surface area contributed by atoms with Crippen LogP contribution in [0.1, 0.15) is 6.42 Å². The topological polar surface area (TPSA) is 74.6 Å². The lowest BCUT2D eigenvalue weighted by Gasteiger charge is -2.25. The Morgan fingerprint density at radius 2 is 1.56 bits per heavy atom. The molecule has 0 aliphatic heterocycles.